The first-order chi connectivity index (χ1) is 11.2. The van der Waals surface area contributed by atoms with Crippen molar-refractivity contribution in [2.45, 2.75) is 44.6 Å². The van der Waals surface area contributed by atoms with Crippen LogP contribution in [0, 0.1) is 10.1 Å². The van der Waals surface area contributed by atoms with Crippen molar-refractivity contribution >= 4 is 17.5 Å². The number of amides is 1. The molecule has 0 aliphatic carbocycles. The van der Waals surface area contributed by atoms with Crippen molar-refractivity contribution in [1.82, 2.24) is 4.90 Å². The van der Waals surface area contributed by atoms with Crippen LogP contribution in [-0.2, 0) is 10.2 Å². The van der Waals surface area contributed by atoms with Gasteiger partial charge in [-0.15, -0.1) is 0 Å². The third-order valence-electron chi connectivity index (χ3n) is 4.71. The predicted molar refractivity (Wildman–Crippen MR) is 90.3 cm³/mol. The molecular weight excluding hydrogens is 310 g/mol. The minimum absolute atomic E-state index is 0.0836. The van der Waals surface area contributed by atoms with Crippen molar-refractivity contribution in [1.29, 1.82) is 0 Å². The number of rotatable bonds is 1. The van der Waals surface area contributed by atoms with Crippen molar-refractivity contribution < 1.29 is 14.5 Å². The third-order valence-corrected chi connectivity index (χ3v) is 4.71. The lowest BCUT2D eigenvalue weighted by atomic mass is 9.74. The lowest BCUT2D eigenvalue weighted by Crippen LogP contribution is -2.40. The maximum atomic E-state index is 12.3. The number of carbonyl (C=O) groups is 1. The number of likely N-dealkylation sites (tertiary alicyclic amines) is 1. The van der Waals surface area contributed by atoms with Crippen molar-refractivity contribution in [2.75, 3.05) is 25.0 Å². The average Bonchev–Trinajstić information content (AvgIpc) is 2.90. The van der Waals surface area contributed by atoms with E-state index >= 15 is 0 Å². The summed E-state index contributed by atoms with van der Waals surface area (Å²) in [6.45, 7) is 7.55. The van der Waals surface area contributed by atoms with Gasteiger partial charge in [0.25, 0.3) is 5.69 Å². The molecule has 7 nitrogen and oxygen atoms in total. The van der Waals surface area contributed by atoms with Crippen LogP contribution in [0.15, 0.2) is 18.2 Å². The van der Waals surface area contributed by atoms with E-state index in [0.29, 0.717) is 13.1 Å². The molecule has 1 fully saturated rings. The van der Waals surface area contributed by atoms with Gasteiger partial charge in [-0.1, -0.05) is 0 Å². The van der Waals surface area contributed by atoms with Crippen LogP contribution >= 0.6 is 0 Å². The van der Waals surface area contributed by atoms with E-state index < -0.39 is 5.60 Å². The molecule has 0 bridgehead atoms. The van der Waals surface area contributed by atoms with Gasteiger partial charge in [-0.25, -0.2) is 4.79 Å². The minimum atomic E-state index is -0.514. The first kappa shape index (κ1) is 16.5. The van der Waals surface area contributed by atoms with Crippen molar-refractivity contribution in [3.63, 3.8) is 0 Å². The van der Waals surface area contributed by atoms with Crippen molar-refractivity contribution in [3.8, 4) is 0 Å². The second-order valence-corrected chi connectivity index (χ2v) is 7.60. The van der Waals surface area contributed by atoms with Crippen LogP contribution in [0.2, 0.25) is 0 Å². The summed E-state index contributed by atoms with van der Waals surface area (Å²) < 4.78 is 5.48. The summed E-state index contributed by atoms with van der Waals surface area (Å²) in [4.78, 5) is 24.7. The van der Waals surface area contributed by atoms with E-state index in [9.17, 15) is 14.9 Å². The van der Waals surface area contributed by atoms with Crippen LogP contribution < -0.4 is 5.32 Å². The Hall–Kier alpha value is -2.31. The molecule has 0 aromatic heterocycles. The Kier molecular flexibility index (Phi) is 3.89. The zero-order valence-electron chi connectivity index (χ0n) is 14.3. The van der Waals surface area contributed by atoms with Gasteiger partial charge in [0.15, 0.2) is 0 Å². The highest BCUT2D eigenvalue weighted by Gasteiger charge is 2.45. The Bertz CT molecular complexity index is 683. The largest absolute Gasteiger partial charge is 0.444 e. The van der Waals surface area contributed by atoms with Gasteiger partial charge in [-0.3, -0.25) is 10.1 Å². The summed E-state index contributed by atoms with van der Waals surface area (Å²) in [5.41, 5.74) is 1.29. The number of non-ortho nitro benzene ring substituents is 1. The van der Waals surface area contributed by atoms with E-state index in [1.807, 2.05) is 26.8 Å². The molecule has 1 aromatic rings. The van der Waals surface area contributed by atoms with Gasteiger partial charge in [-0.05, 0) is 45.2 Å². The average molecular weight is 333 g/mol. The van der Waals surface area contributed by atoms with E-state index in [4.69, 9.17) is 4.74 Å². The van der Waals surface area contributed by atoms with E-state index in [1.54, 1.807) is 17.0 Å². The van der Waals surface area contributed by atoms with Crippen LogP contribution in [0.1, 0.15) is 39.2 Å². The fraction of sp³-hybridized carbons (Fsp3) is 0.588. The fourth-order valence-corrected chi connectivity index (χ4v) is 3.60. The predicted octanol–water partition coefficient (Wildman–Crippen LogP) is 3.29. The Balaban J connectivity index is 1.84. The van der Waals surface area contributed by atoms with Crippen LogP contribution in [0.4, 0.5) is 16.2 Å². The van der Waals surface area contributed by atoms with Gasteiger partial charge in [0.2, 0.25) is 0 Å². The molecule has 3 rings (SSSR count). The molecule has 7 heteroatoms. The van der Waals surface area contributed by atoms with Crippen LogP contribution in [0.3, 0.4) is 0 Å². The molecule has 1 amide bonds. The first-order valence-corrected chi connectivity index (χ1v) is 8.21. The standard InChI is InChI=1S/C17H23N3O4/c1-16(2,3)24-15(21)19-9-7-17(11-19)6-8-18-14-10-12(20(22)23)4-5-13(14)17/h4-5,10,18H,6-9,11H2,1-3H3. The van der Waals surface area contributed by atoms with Gasteiger partial charge in [0.05, 0.1) is 4.92 Å². The van der Waals surface area contributed by atoms with E-state index in [1.165, 1.54) is 0 Å². The normalized spacial score (nSPS) is 22.9. The number of fused-ring (bicyclic) bond motifs is 2. The van der Waals surface area contributed by atoms with E-state index in [2.05, 4.69) is 5.32 Å². The molecule has 2 aliphatic heterocycles. The molecule has 24 heavy (non-hydrogen) atoms. The lowest BCUT2D eigenvalue weighted by molar-refractivity contribution is -0.384. The fourth-order valence-electron chi connectivity index (χ4n) is 3.60. The number of hydrogen-bond donors (Lipinski definition) is 1. The number of nitrogens with one attached hydrogen (secondary N) is 1. The highest BCUT2D eigenvalue weighted by atomic mass is 16.6. The van der Waals surface area contributed by atoms with Crippen LogP contribution in [-0.4, -0.2) is 41.2 Å². The molecule has 2 heterocycles. The number of benzene rings is 1. The lowest BCUT2D eigenvalue weighted by Gasteiger charge is -2.36. The summed E-state index contributed by atoms with van der Waals surface area (Å²) in [6.07, 6.45) is 1.46. The summed E-state index contributed by atoms with van der Waals surface area (Å²) in [7, 11) is 0. The summed E-state index contributed by atoms with van der Waals surface area (Å²) in [5, 5.41) is 14.2. The van der Waals surface area contributed by atoms with Gasteiger partial charge in [0.1, 0.15) is 5.60 Å². The molecule has 1 atom stereocenters. The van der Waals surface area contributed by atoms with Gasteiger partial charge >= 0.3 is 6.09 Å². The number of hydrogen-bond acceptors (Lipinski definition) is 5. The molecule has 130 valence electrons. The zero-order valence-corrected chi connectivity index (χ0v) is 14.3. The smallest absolute Gasteiger partial charge is 0.410 e. The summed E-state index contributed by atoms with van der Waals surface area (Å²) >= 11 is 0. The maximum absolute atomic E-state index is 12.3. The Morgan fingerprint density at radius 3 is 2.79 bits per heavy atom. The molecule has 1 saturated heterocycles. The number of anilines is 1. The molecule has 1 aromatic carbocycles. The summed E-state index contributed by atoms with van der Waals surface area (Å²) in [5.74, 6) is 0. The quantitative estimate of drug-likeness (QED) is 0.629. The van der Waals surface area contributed by atoms with Gasteiger partial charge < -0.3 is 15.0 Å². The first-order valence-electron chi connectivity index (χ1n) is 8.21. The molecule has 0 saturated carbocycles. The molecular formula is C17H23N3O4. The van der Waals surface area contributed by atoms with Crippen molar-refractivity contribution in [3.05, 3.63) is 33.9 Å². The molecule has 1 spiro atoms. The molecule has 0 radical (unpaired) electrons. The number of ether oxygens (including phenoxy) is 1. The Morgan fingerprint density at radius 2 is 2.12 bits per heavy atom. The molecule has 1 N–H and O–H groups in total. The van der Waals surface area contributed by atoms with E-state index in [0.717, 1.165) is 30.6 Å². The zero-order chi connectivity index (χ0) is 17.5. The van der Waals surface area contributed by atoms with Gasteiger partial charge in [-0.2, -0.15) is 0 Å². The summed E-state index contributed by atoms with van der Waals surface area (Å²) in [6, 6.07) is 4.97. The Morgan fingerprint density at radius 1 is 1.38 bits per heavy atom. The van der Waals surface area contributed by atoms with Crippen LogP contribution in [0.5, 0.6) is 0 Å². The highest BCUT2D eigenvalue weighted by molar-refractivity contribution is 5.70. The highest BCUT2D eigenvalue weighted by Crippen LogP contribution is 2.45. The Labute approximate surface area is 141 Å². The number of carbonyl (C=O) groups excluding carboxylic acids is 1. The second-order valence-electron chi connectivity index (χ2n) is 7.60. The van der Waals surface area contributed by atoms with Crippen molar-refractivity contribution in [2.24, 2.45) is 0 Å². The minimum Gasteiger partial charge on any atom is -0.444 e. The van der Waals surface area contributed by atoms with Gasteiger partial charge in [0, 0.05) is 42.9 Å². The second kappa shape index (κ2) is 5.65. The number of nitro benzene ring substituents is 1. The maximum Gasteiger partial charge on any atom is 0.410 e. The monoisotopic (exact) mass is 333 g/mol. The molecule has 1 unspecified atom stereocenters. The number of nitro groups is 1. The van der Waals surface area contributed by atoms with Crippen LogP contribution in [0.25, 0.3) is 0 Å². The third kappa shape index (κ3) is 3.02. The SMILES string of the molecule is CC(C)(C)OC(=O)N1CCC2(CCNc3cc([N+](=O)[O-])ccc32)C1. The number of nitrogens with zero attached hydrogens (tertiary/aromatic N) is 2. The van der Waals surface area contributed by atoms with E-state index in [-0.39, 0.29) is 22.1 Å². The molecule has 2 aliphatic rings. The topological polar surface area (TPSA) is 84.7 Å².